The minimum Gasteiger partial charge on any atom is -0.494 e. The van der Waals surface area contributed by atoms with Crippen LogP contribution in [0.5, 0.6) is 5.75 Å². The maximum absolute atomic E-state index is 13.3. The molecule has 0 atom stereocenters. The Hall–Kier alpha value is -3.38. The van der Waals surface area contributed by atoms with Gasteiger partial charge in [-0.3, -0.25) is 4.79 Å². The third-order valence-electron chi connectivity index (χ3n) is 4.67. The molecule has 0 radical (unpaired) electrons. The number of nitrogens with zero attached hydrogens (tertiary/aromatic N) is 1. The van der Waals surface area contributed by atoms with Gasteiger partial charge in [0.1, 0.15) is 5.75 Å². The minimum atomic E-state index is -4.08. The van der Waals surface area contributed by atoms with E-state index in [1.165, 1.54) is 18.2 Å². The number of benzene rings is 3. The first-order valence-corrected chi connectivity index (χ1v) is 11.5. The molecule has 3 aromatic rings. The molecule has 0 unspecified atom stereocenters. The van der Waals surface area contributed by atoms with Gasteiger partial charge in [-0.15, -0.1) is 0 Å². The van der Waals surface area contributed by atoms with Gasteiger partial charge in [0.15, 0.2) is 0 Å². The lowest BCUT2D eigenvalue weighted by molar-refractivity contribution is -0.113. The zero-order valence-electron chi connectivity index (χ0n) is 17.6. The standard InChI is InChI=1S/C25H25NO4S/c1-3-20-10-15-22(16-11-20)26(31(28,29)24-8-6-5-7-9-24)25(27)19-14-21-12-17-23(18-13-21)30-4-2/h5-19H,3-4H2,1-2H3/b19-14+. The van der Waals surface area contributed by atoms with Crippen LogP contribution in [0.4, 0.5) is 5.69 Å². The Morgan fingerprint density at radius 3 is 2.13 bits per heavy atom. The van der Waals surface area contributed by atoms with E-state index >= 15 is 0 Å². The molecule has 0 spiro atoms. The summed E-state index contributed by atoms with van der Waals surface area (Å²) in [5.41, 5.74) is 2.11. The number of hydrogen-bond donors (Lipinski definition) is 0. The van der Waals surface area contributed by atoms with Crippen molar-refractivity contribution in [3.05, 3.63) is 96.1 Å². The second-order valence-electron chi connectivity index (χ2n) is 6.78. The highest BCUT2D eigenvalue weighted by molar-refractivity contribution is 7.93. The molecule has 0 aliphatic carbocycles. The van der Waals surface area contributed by atoms with Gasteiger partial charge in [0.2, 0.25) is 0 Å². The van der Waals surface area contributed by atoms with Crippen molar-refractivity contribution >= 4 is 27.7 Å². The van der Waals surface area contributed by atoms with E-state index in [2.05, 4.69) is 0 Å². The normalized spacial score (nSPS) is 11.4. The molecule has 5 nitrogen and oxygen atoms in total. The van der Waals surface area contributed by atoms with Gasteiger partial charge in [0.25, 0.3) is 15.9 Å². The summed E-state index contributed by atoms with van der Waals surface area (Å²) in [4.78, 5) is 13.1. The third-order valence-corrected chi connectivity index (χ3v) is 6.41. The maximum Gasteiger partial charge on any atom is 0.271 e. The summed E-state index contributed by atoms with van der Waals surface area (Å²) in [7, 11) is -4.08. The van der Waals surface area contributed by atoms with E-state index in [1.807, 2.05) is 26.0 Å². The molecule has 0 heterocycles. The minimum absolute atomic E-state index is 0.0531. The van der Waals surface area contributed by atoms with Crippen LogP contribution in [0.2, 0.25) is 0 Å². The molecule has 3 aromatic carbocycles. The molecule has 0 bridgehead atoms. The fraction of sp³-hybridized carbons (Fsp3) is 0.160. The monoisotopic (exact) mass is 435 g/mol. The second-order valence-corrected chi connectivity index (χ2v) is 8.56. The van der Waals surface area contributed by atoms with Crippen molar-refractivity contribution in [3.8, 4) is 5.75 Å². The van der Waals surface area contributed by atoms with Crippen molar-refractivity contribution in [2.45, 2.75) is 25.2 Å². The SMILES string of the molecule is CCOc1ccc(/C=C/C(=O)N(c2ccc(CC)cc2)S(=O)(=O)c2ccccc2)cc1. The fourth-order valence-electron chi connectivity index (χ4n) is 3.03. The molecular formula is C25H25NO4S. The Balaban J connectivity index is 1.96. The highest BCUT2D eigenvalue weighted by Gasteiger charge is 2.29. The van der Waals surface area contributed by atoms with Crippen molar-refractivity contribution in [1.29, 1.82) is 0 Å². The fourth-order valence-corrected chi connectivity index (χ4v) is 4.44. The Kier molecular flexibility index (Phi) is 7.26. The number of ether oxygens (including phenoxy) is 1. The van der Waals surface area contributed by atoms with Gasteiger partial charge < -0.3 is 4.74 Å². The van der Waals surface area contributed by atoms with Crippen LogP contribution in [0.15, 0.2) is 89.8 Å². The summed E-state index contributed by atoms with van der Waals surface area (Å²) in [6.45, 7) is 4.48. The van der Waals surface area contributed by atoms with E-state index in [0.29, 0.717) is 12.3 Å². The van der Waals surface area contributed by atoms with Gasteiger partial charge in [-0.1, -0.05) is 49.4 Å². The van der Waals surface area contributed by atoms with Crippen molar-refractivity contribution in [2.75, 3.05) is 10.9 Å². The van der Waals surface area contributed by atoms with E-state index < -0.39 is 15.9 Å². The topological polar surface area (TPSA) is 63.7 Å². The van der Waals surface area contributed by atoms with Crippen LogP contribution in [0, 0.1) is 0 Å². The van der Waals surface area contributed by atoms with Crippen LogP contribution in [-0.4, -0.2) is 20.9 Å². The first kappa shape index (κ1) is 22.3. The Morgan fingerprint density at radius 1 is 0.903 bits per heavy atom. The van der Waals surface area contributed by atoms with E-state index in [9.17, 15) is 13.2 Å². The van der Waals surface area contributed by atoms with Crippen LogP contribution in [0.3, 0.4) is 0 Å². The van der Waals surface area contributed by atoms with Gasteiger partial charge in [-0.2, -0.15) is 4.31 Å². The lowest BCUT2D eigenvalue weighted by Gasteiger charge is -2.21. The summed E-state index contributed by atoms with van der Waals surface area (Å²) in [6.07, 6.45) is 3.67. The molecule has 160 valence electrons. The Labute approximate surface area is 183 Å². The molecule has 6 heteroatoms. The van der Waals surface area contributed by atoms with Gasteiger partial charge in [-0.25, -0.2) is 8.42 Å². The lowest BCUT2D eigenvalue weighted by Crippen LogP contribution is -2.35. The first-order valence-electron chi connectivity index (χ1n) is 10.1. The number of rotatable bonds is 8. The van der Waals surface area contributed by atoms with Gasteiger partial charge in [0, 0.05) is 6.08 Å². The Morgan fingerprint density at radius 2 is 1.55 bits per heavy atom. The van der Waals surface area contributed by atoms with Crippen molar-refractivity contribution in [1.82, 2.24) is 0 Å². The number of hydrogen-bond acceptors (Lipinski definition) is 4. The van der Waals surface area contributed by atoms with Crippen LogP contribution >= 0.6 is 0 Å². The average molecular weight is 436 g/mol. The molecule has 0 saturated carbocycles. The number of anilines is 1. The summed E-state index contributed by atoms with van der Waals surface area (Å²) in [5.74, 6) is 0.0808. The Bertz CT molecular complexity index is 1140. The second kappa shape index (κ2) is 10.1. The average Bonchev–Trinajstić information content (AvgIpc) is 2.80. The zero-order valence-corrected chi connectivity index (χ0v) is 18.4. The highest BCUT2D eigenvalue weighted by atomic mass is 32.2. The summed E-state index contributed by atoms with van der Waals surface area (Å²) < 4.78 is 32.9. The summed E-state index contributed by atoms with van der Waals surface area (Å²) in [6, 6.07) is 22.1. The molecule has 0 aromatic heterocycles. The summed E-state index contributed by atoms with van der Waals surface area (Å²) >= 11 is 0. The van der Waals surface area contributed by atoms with Crippen LogP contribution < -0.4 is 9.04 Å². The quantitative estimate of drug-likeness (QED) is 0.463. The van der Waals surface area contributed by atoms with E-state index in [-0.39, 0.29) is 4.90 Å². The van der Waals surface area contributed by atoms with E-state index in [4.69, 9.17) is 4.74 Å². The smallest absolute Gasteiger partial charge is 0.271 e. The van der Waals surface area contributed by atoms with Crippen LogP contribution in [-0.2, 0) is 21.2 Å². The summed E-state index contributed by atoms with van der Waals surface area (Å²) in [5, 5.41) is 0. The number of carbonyl (C=O) groups is 1. The van der Waals surface area contributed by atoms with Gasteiger partial charge in [0.05, 0.1) is 17.2 Å². The van der Waals surface area contributed by atoms with Crippen LogP contribution in [0.1, 0.15) is 25.0 Å². The van der Waals surface area contributed by atoms with Gasteiger partial charge >= 0.3 is 0 Å². The molecule has 0 fully saturated rings. The molecule has 0 aliphatic rings. The zero-order chi connectivity index (χ0) is 22.3. The molecule has 0 N–H and O–H groups in total. The number of sulfonamides is 1. The largest absolute Gasteiger partial charge is 0.494 e. The third kappa shape index (κ3) is 5.41. The highest BCUT2D eigenvalue weighted by Crippen LogP contribution is 2.25. The lowest BCUT2D eigenvalue weighted by atomic mass is 10.1. The van der Waals surface area contributed by atoms with Crippen molar-refractivity contribution in [2.24, 2.45) is 0 Å². The van der Waals surface area contributed by atoms with Crippen molar-refractivity contribution in [3.63, 3.8) is 0 Å². The number of aryl methyl sites for hydroxylation is 1. The maximum atomic E-state index is 13.3. The molecule has 1 amide bonds. The van der Waals surface area contributed by atoms with Gasteiger partial charge in [-0.05, 0) is 66.9 Å². The van der Waals surface area contributed by atoms with E-state index in [0.717, 1.165) is 27.6 Å². The van der Waals surface area contributed by atoms with E-state index in [1.54, 1.807) is 60.7 Å². The predicted octanol–water partition coefficient (Wildman–Crippen LogP) is 5.08. The van der Waals surface area contributed by atoms with Crippen molar-refractivity contribution < 1.29 is 17.9 Å². The number of amides is 1. The first-order chi connectivity index (χ1) is 15.0. The van der Waals surface area contributed by atoms with Crippen LogP contribution in [0.25, 0.3) is 6.08 Å². The molecular weight excluding hydrogens is 410 g/mol. The molecule has 3 rings (SSSR count). The predicted molar refractivity (Wildman–Crippen MR) is 124 cm³/mol. The molecule has 31 heavy (non-hydrogen) atoms. The molecule has 0 aliphatic heterocycles. The number of carbonyl (C=O) groups excluding carboxylic acids is 1. The molecule has 0 saturated heterocycles.